The summed E-state index contributed by atoms with van der Waals surface area (Å²) in [5.41, 5.74) is 0.167. The molecule has 192 valence electrons. The zero-order valence-corrected chi connectivity index (χ0v) is 21.8. The standard InChI is InChI=1S/C29H46O5/c1-25(2)12-13-29(24(33)34)11-8-18-17(19(29)14-25)6-7-21-26(18,3)10-9-22-27(21,4)15-20(31)23(32)28(22,5)16-30/h6,18-23,30-32H,7-16H2,1-5H3,(H,33,34). The lowest BCUT2D eigenvalue weighted by atomic mass is 9.36. The Morgan fingerprint density at radius 1 is 0.912 bits per heavy atom. The molecule has 10 unspecified atom stereocenters. The summed E-state index contributed by atoms with van der Waals surface area (Å²) in [6.45, 7) is 11.2. The minimum atomic E-state index is -0.898. The second-order valence-electron chi connectivity index (χ2n) is 14.4. The summed E-state index contributed by atoms with van der Waals surface area (Å²) < 4.78 is 0. The van der Waals surface area contributed by atoms with Gasteiger partial charge >= 0.3 is 5.97 Å². The maximum Gasteiger partial charge on any atom is 0.310 e. The van der Waals surface area contributed by atoms with Crippen LogP contribution in [0.3, 0.4) is 0 Å². The third-order valence-electron chi connectivity index (χ3n) is 12.4. The average molecular weight is 475 g/mol. The molecule has 5 nitrogen and oxygen atoms in total. The second-order valence-corrected chi connectivity index (χ2v) is 14.4. The van der Waals surface area contributed by atoms with Crippen molar-refractivity contribution in [1.29, 1.82) is 0 Å². The highest BCUT2D eigenvalue weighted by Crippen LogP contribution is 2.72. The Morgan fingerprint density at radius 3 is 2.26 bits per heavy atom. The molecule has 0 amide bonds. The zero-order chi connectivity index (χ0) is 24.9. The first-order valence-corrected chi connectivity index (χ1v) is 13.7. The smallest absolute Gasteiger partial charge is 0.310 e. The summed E-state index contributed by atoms with van der Waals surface area (Å²) in [5, 5.41) is 42.6. The Balaban J connectivity index is 1.56. The molecule has 0 aromatic carbocycles. The molecule has 0 saturated heterocycles. The van der Waals surface area contributed by atoms with Gasteiger partial charge in [0.1, 0.15) is 0 Å². The third kappa shape index (κ3) is 3.05. The molecule has 4 fully saturated rings. The number of carboxylic acid groups (broad SMARTS) is 1. The number of fused-ring (bicyclic) bond motifs is 7. The van der Waals surface area contributed by atoms with Gasteiger partial charge in [0.25, 0.3) is 0 Å². The van der Waals surface area contributed by atoms with Crippen LogP contribution in [0.2, 0.25) is 0 Å². The molecule has 0 aromatic rings. The number of aliphatic hydroxyl groups excluding tert-OH is 3. The van der Waals surface area contributed by atoms with Gasteiger partial charge in [-0.05, 0) is 97.7 Å². The first-order chi connectivity index (χ1) is 15.8. The lowest BCUT2D eigenvalue weighted by Crippen LogP contribution is -2.66. The molecule has 10 atom stereocenters. The molecule has 5 heteroatoms. The molecule has 0 radical (unpaired) electrons. The van der Waals surface area contributed by atoms with Crippen molar-refractivity contribution in [1.82, 2.24) is 0 Å². The number of hydrogen-bond donors (Lipinski definition) is 4. The molecule has 0 aliphatic heterocycles. The predicted molar refractivity (Wildman–Crippen MR) is 131 cm³/mol. The fraction of sp³-hybridized carbons (Fsp3) is 0.897. The monoisotopic (exact) mass is 474 g/mol. The maximum atomic E-state index is 12.7. The number of carbonyl (C=O) groups is 1. The van der Waals surface area contributed by atoms with E-state index in [9.17, 15) is 25.2 Å². The number of carboxylic acids is 1. The highest BCUT2D eigenvalue weighted by Gasteiger charge is 2.67. The summed E-state index contributed by atoms with van der Waals surface area (Å²) in [5.74, 6) is 0.427. The largest absolute Gasteiger partial charge is 0.481 e. The molecular weight excluding hydrogens is 428 g/mol. The number of aliphatic carboxylic acids is 1. The van der Waals surface area contributed by atoms with Gasteiger partial charge < -0.3 is 20.4 Å². The van der Waals surface area contributed by atoms with Crippen LogP contribution in [0.5, 0.6) is 0 Å². The van der Waals surface area contributed by atoms with Gasteiger partial charge in [-0.25, -0.2) is 0 Å². The van der Waals surface area contributed by atoms with Crippen LogP contribution < -0.4 is 0 Å². The first kappa shape index (κ1) is 24.8. The van der Waals surface area contributed by atoms with Crippen LogP contribution in [-0.2, 0) is 4.79 Å². The van der Waals surface area contributed by atoms with Crippen molar-refractivity contribution in [3.63, 3.8) is 0 Å². The maximum absolute atomic E-state index is 12.7. The van der Waals surface area contributed by atoms with Crippen molar-refractivity contribution in [2.45, 2.75) is 105 Å². The van der Waals surface area contributed by atoms with E-state index in [1.54, 1.807) is 0 Å². The summed E-state index contributed by atoms with van der Waals surface area (Å²) in [7, 11) is 0. The van der Waals surface area contributed by atoms with E-state index >= 15 is 0 Å². The molecule has 0 bridgehead atoms. The Morgan fingerprint density at radius 2 is 1.62 bits per heavy atom. The van der Waals surface area contributed by atoms with E-state index in [-0.39, 0.29) is 34.7 Å². The van der Waals surface area contributed by atoms with Crippen LogP contribution in [0, 0.1) is 50.7 Å². The predicted octanol–water partition coefficient (Wildman–Crippen LogP) is 4.79. The lowest BCUT2D eigenvalue weighted by Gasteiger charge is -2.68. The van der Waals surface area contributed by atoms with Crippen LogP contribution in [0.1, 0.15) is 92.4 Å². The molecule has 5 aliphatic rings. The summed E-state index contributed by atoms with van der Waals surface area (Å²) in [4.78, 5) is 12.7. The fourth-order valence-electron chi connectivity index (χ4n) is 10.4. The van der Waals surface area contributed by atoms with E-state index in [1.807, 2.05) is 6.92 Å². The van der Waals surface area contributed by atoms with Crippen LogP contribution in [0.25, 0.3) is 0 Å². The minimum absolute atomic E-state index is 0.0555. The number of allylic oxidation sites excluding steroid dienone is 2. The van der Waals surface area contributed by atoms with Crippen molar-refractivity contribution < 1.29 is 25.2 Å². The number of rotatable bonds is 2. The van der Waals surface area contributed by atoms with Gasteiger partial charge in [0, 0.05) is 5.41 Å². The normalized spacial score (nSPS) is 54.1. The van der Waals surface area contributed by atoms with E-state index in [1.165, 1.54) is 5.57 Å². The Labute approximate surface area is 205 Å². The zero-order valence-electron chi connectivity index (χ0n) is 21.8. The van der Waals surface area contributed by atoms with E-state index in [0.717, 1.165) is 51.4 Å². The van der Waals surface area contributed by atoms with Crippen LogP contribution in [0.15, 0.2) is 11.6 Å². The topological polar surface area (TPSA) is 98.0 Å². The van der Waals surface area contributed by atoms with Crippen LogP contribution in [-0.4, -0.2) is 45.2 Å². The van der Waals surface area contributed by atoms with Gasteiger partial charge in [0.15, 0.2) is 0 Å². The molecular formula is C29H46O5. The molecule has 5 aliphatic carbocycles. The third-order valence-corrected chi connectivity index (χ3v) is 12.4. The van der Waals surface area contributed by atoms with E-state index in [2.05, 4.69) is 33.8 Å². The highest BCUT2D eigenvalue weighted by atomic mass is 16.4. The SMILES string of the molecule is CC1(C)CCC2(C(=O)O)CCC3C(=CCC4C3(C)CCC3C(C)(CO)C(O)C(O)CC43C)C2C1. The molecule has 4 saturated carbocycles. The first-order valence-electron chi connectivity index (χ1n) is 13.7. The fourth-order valence-corrected chi connectivity index (χ4v) is 10.4. The Kier molecular flexibility index (Phi) is 5.50. The molecule has 34 heavy (non-hydrogen) atoms. The van der Waals surface area contributed by atoms with E-state index in [4.69, 9.17) is 0 Å². The molecule has 0 spiro atoms. The minimum Gasteiger partial charge on any atom is -0.481 e. The van der Waals surface area contributed by atoms with Crippen molar-refractivity contribution in [3.8, 4) is 0 Å². The van der Waals surface area contributed by atoms with Crippen molar-refractivity contribution in [3.05, 3.63) is 11.6 Å². The molecule has 0 aromatic heterocycles. The van der Waals surface area contributed by atoms with Gasteiger partial charge in [0.05, 0.1) is 24.2 Å². The number of aliphatic hydroxyl groups is 3. The van der Waals surface area contributed by atoms with Crippen molar-refractivity contribution in [2.75, 3.05) is 6.61 Å². The van der Waals surface area contributed by atoms with Gasteiger partial charge in [0.2, 0.25) is 0 Å². The van der Waals surface area contributed by atoms with Gasteiger partial charge in [-0.1, -0.05) is 46.3 Å². The summed E-state index contributed by atoms with van der Waals surface area (Å²) in [6.07, 6.45) is 8.57. The molecule has 0 heterocycles. The van der Waals surface area contributed by atoms with Gasteiger partial charge in [-0.15, -0.1) is 0 Å². The Bertz CT molecular complexity index is 895. The van der Waals surface area contributed by atoms with Gasteiger partial charge in [-0.3, -0.25) is 4.79 Å². The highest BCUT2D eigenvalue weighted by molar-refractivity contribution is 5.76. The summed E-state index contributed by atoms with van der Waals surface area (Å²) in [6, 6.07) is 0. The van der Waals surface area contributed by atoms with E-state index in [0.29, 0.717) is 18.3 Å². The van der Waals surface area contributed by atoms with Gasteiger partial charge in [-0.2, -0.15) is 0 Å². The number of hydrogen-bond acceptors (Lipinski definition) is 4. The van der Waals surface area contributed by atoms with Crippen molar-refractivity contribution in [2.24, 2.45) is 50.7 Å². The van der Waals surface area contributed by atoms with Crippen LogP contribution >= 0.6 is 0 Å². The quantitative estimate of drug-likeness (QED) is 0.432. The Hall–Kier alpha value is -0.910. The van der Waals surface area contributed by atoms with E-state index < -0.39 is 29.0 Å². The average Bonchev–Trinajstić information content (AvgIpc) is 2.76. The lowest BCUT2D eigenvalue weighted by molar-refractivity contribution is -0.234. The van der Waals surface area contributed by atoms with Crippen molar-refractivity contribution >= 4 is 5.97 Å². The van der Waals surface area contributed by atoms with Crippen LogP contribution in [0.4, 0.5) is 0 Å². The molecule has 4 N–H and O–H groups in total. The molecule has 5 rings (SSSR count). The summed E-state index contributed by atoms with van der Waals surface area (Å²) >= 11 is 0. The second kappa shape index (κ2) is 7.55.